The molecule has 2 heterocycles. The Balaban J connectivity index is 1.60. The van der Waals surface area contributed by atoms with Crippen LogP contribution in [0, 0.1) is 0 Å². The van der Waals surface area contributed by atoms with Gasteiger partial charge in [0.2, 0.25) is 6.23 Å². The molecule has 0 amide bonds. The first kappa shape index (κ1) is 18.1. The van der Waals surface area contributed by atoms with Gasteiger partial charge in [0.15, 0.2) is 0 Å². The third-order valence-electron chi connectivity index (χ3n) is 5.36. The van der Waals surface area contributed by atoms with Crippen molar-refractivity contribution in [1.29, 1.82) is 0 Å². The normalized spacial score (nSPS) is 19.8. The van der Waals surface area contributed by atoms with Gasteiger partial charge >= 0.3 is 0 Å². The van der Waals surface area contributed by atoms with Gasteiger partial charge in [-0.1, -0.05) is 54.1 Å². The van der Waals surface area contributed by atoms with Gasteiger partial charge in [-0.3, -0.25) is 0 Å². The highest BCUT2D eigenvalue weighted by atomic mass is 35.5. The number of fused-ring (bicyclic) bond motifs is 3. The molecule has 0 spiro atoms. The van der Waals surface area contributed by atoms with Gasteiger partial charge < -0.3 is 9.47 Å². The van der Waals surface area contributed by atoms with E-state index in [1.54, 1.807) is 0 Å². The van der Waals surface area contributed by atoms with Crippen LogP contribution in [0.4, 0.5) is 0 Å². The fraction of sp³-hybridized carbons (Fsp3) is 0.208. The van der Waals surface area contributed by atoms with Crippen LogP contribution in [0.3, 0.4) is 0 Å². The largest absolute Gasteiger partial charge is 0.493 e. The lowest BCUT2D eigenvalue weighted by Crippen LogP contribution is -2.34. The first-order valence-electron chi connectivity index (χ1n) is 9.83. The van der Waals surface area contributed by atoms with Crippen LogP contribution in [-0.4, -0.2) is 17.3 Å². The Morgan fingerprint density at radius 1 is 1.00 bits per heavy atom. The van der Waals surface area contributed by atoms with Crippen molar-refractivity contribution in [3.8, 4) is 11.5 Å². The second kappa shape index (κ2) is 7.45. The van der Waals surface area contributed by atoms with E-state index in [-0.39, 0.29) is 12.3 Å². The van der Waals surface area contributed by atoms with Crippen LogP contribution in [0.1, 0.15) is 42.3 Å². The van der Waals surface area contributed by atoms with E-state index in [1.807, 2.05) is 61.5 Å². The van der Waals surface area contributed by atoms with E-state index >= 15 is 0 Å². The summed E-state index contributed by atoms with van der Waals surface area (Å²) in [5.74, 6) is 1.73. The minimum absolute atomic E-state index is 0.116. The van der Waals surface area contributed by atoms with Crippen LogP contribution in [0.25, 0.3) is 0 Å². The maximum absolute atomic E-state index is 6.44. The van der Waals surface area contributed by atoms with Gasteiger partial charge in [-0.2, -0.15) is 5.10 Å². The van der Waals surface area contributed by atoms with E-state index in [0.717, 1.165) is 45.3 Å². The van der Waals surface area contributed by atoms with Crippen molar-refractivity contribution in [2.75, 3.05) is 6.61 Å². The lowest BCUT2D eigenvalue weighted by molar-refractivity contribution is -0.0205. The predicted octanol–water partition coefficient (Wildman–Crippen LogP) is 5.98. The molecule has 146 valence electrons. The molecule has 0 saturated carbocycles. The van der Waals surface area contributed by atoms with Crippen LogP contribution in [-0.2, 0) is 0 Å². The van der Waals surface area contributed by atoms with Crippen molar-refractivity contribution in [3.05, 3.63) is 94.5 Å². The van der Waals surface area contributed by atoms with Gasteiger partial charge in [-0.05, 0) is 42.8 Å². The number of ether oxygens (including phenoxy) is 2. The first-order valence-corrected chi connectivity index (χ1v) is 10.2. The molecule has 0 N–H and O–H groups in total. The van der Waals surface area contributed by atoms with Crippen LogP contribution >= 0.6 is 11.6 Å². The van der Waals surface area contributed by atoms with Gasteiger partial charge in [0.25, 0.3) is 0 Å². The van der Waals surface area contributed by atoms with E-state index in [2.05, 4.69) is 23.2 Å². The number of hydrazone groups is 1. The number of benzene rings is 3. The Labute approximate surface area is 175 Å². The summed E-state index contributed by atoms with van der Waals surface area (Å²) in [5, 5.41) is 7.79. The number of hydrogen-bond acceptors (Lipinski definition) is 4. The fourth-order valence-electron chi connectivity index (χ4n) is 4.03. The summed E-state index contributed by atoms with van der Waals surface area (Å²) in [6.45, 7) is 2.59. The van der Waals surface area contributed by atoms with Crippen molar-refractivity contribution >= 4 is 17.3 Å². The Kier molecular flexibility index (Phi) is 4.64. The van der Waals surface area contributed by atoms with Crippen molar-refractivity contribution in [2.45, 2.75) is 25.6 Å². The minimum atomic E-state index is -0.345. The SMILES string of the molecule is CCOc1ccccc1[C@@H]1Oc2ccccc2[C@@H]2CC(c3ccc(Cl)cc3)=NN21. The highest BCUT2D eigenvalue weighted by molar-refractivity contribution is 6.30. The summed E-state index contributed by atoms with van der Waals surface area (Å²) >= 11 is 6.07. The number of para-hydroxylation sites is 2. The molecule has 0 saturated heterocycles. The van der Waals surface area contributed by atoms with Crippen LogP contribution in [0.2, 0.25) is 5.02 Å². The van der Waals surface area contributed by atoms with E-state index < -0.39 is 0 Å². The highest BCUT2D eigenvalue weighted by Gasteiger charge is 2.41. The Hall–Kier alpha value is -2.98. The molecule has 2 aliphatic heterocycles. The van der Waals surface area contributed by atoms with Gasteiger partial charge in [0.1, 0.15) is 11.5 Å². The van der Waals surface area contributed by atoms with Crippen LogP contribution < -0.4 is 9.47 Å². The molecule has 2 atom stereocenters. The summed E-state index contributed by atoms with van der Waals surface area (Å²) in [7, 11) is 0. The topological polar surface area (TPSA) is 34.1 Å². The predicted molar refractivity (Wildman–Crippen MR) is 115 cm³/mol. The van der Waals surface area contributed by atoms with Crippen molar-refractivity contribution in [2.24, 2.45) is 5.10 Å². The van der Waals surface area contributed by atoms with E-state index in [0.29, 0.717) is 6.61 Å². The summed E-state index contributed by atoms with van der Waals surface area (Å²) < 4.78 is 12.3. The molecule has 0 aliphatic carbocycles. The third-order valence-corrected chi connectivity index (χ3v) is 5.61. The molecule has 3 aromatic rings. The van der Waals surface area contributed by atoms with Crippen molar-refractivity contribution in [3.63, 3.8) is 0 Å². The summed E-state index contributed by atoms with van der Waals surface area (Å²) in [6, 6.07) is 24.2. The Bertz CT molecular complexity index is 1060. The molecule has 5 rings (SSSR count). The van der Waals surface area contributed by atoms with Crippen LogP contribution in [0.15, 0.2) is 77.9 Å². The summed E-state index contributed by atoms with van der Waals surface area (Å²) in [5.41, 5.74) is 4.25. The third kappa shape index (κ3) is 3.23. The molecule has 0 unspecified atom stereocenters. The van der Waals surface area contributed by atoms with Gasteiger partial charge in [-0.15, -0.1) is 0 Å². The first-order chi connectivity index (χ1) is 14.2. The molecule has 0 aromatic heterocycles. The van der Waals surface area contributed by atoms with Crippen molar-refractivity contribution < 1.29 is 9.47 Å². The molecule has 2 aliphatic rings. The molecular weight excluding hydrogens is 384 g/mol. The Morgan fingerprint density at radius 2 is 1.72 bits per heavy atom. The van der Waals surface area contributed by atoms with Crippen molar-refractivity contribution in [1.82, 2.24) is 5.01 Å². The summed E-state index contributed by atoms with van der Waals surface area (Å²) in [6.07, 6.45) is 0.470. The molecule has 5 heteroatoms. The second-order valence-corrected chi connectivity index (χ2v) is 7.57. The standard InChI is InChI=1S/C24H21ClN2O2/c1-2-28-22-9-5-4-8-19(22)24-27-21(18-7-3-6-10-23(18)29-24)15-20(26-27)16-11-13-17(25)14-12-16/h3-14,21,24H,2,15H2,1H3/t21-,24-/m0/s1. The number of hydrogen-bond donors (Lipinski definition) is 0. The smallest absolute Gasteiger partial charge is 0.217 e. The minimum Gasteiger partial charge on any atom is -0.493 e. The van der Waals surface area contributed by atoms with E-state index in [9.17, 15) is 0 Å². The zero-order valence-electron chi connectivity index (χ0n) is 16.1. The molecule has 0 radical (unpaired) electrons. The van der Waals surface area contributed by atoms with Crippen LogP contribution in [0.5, 0.6) is 11.5 Å². The molecule has 29 heavy (non-hydrogen) atoms. The molecule has 0 fully saturated rings. The molecule has 3 aromatic carbocycles. The maximum Gasteiger partial charge on any atom is 0.217 e. The number of nitrogens with zero attached hydrogens (tertiary/aromatic N) is 2. The maximum atomic E-state index is 6.44. The van der Waals surface area contributed by atoms with E-state index in [1.165, 1.54) is 0 Å². The molecule has 4 nitrogen and oxygen atoms in total. The lowest BCUT2D eigenvalue weighted by atomic mass is 9.96. The lowest BCUT2D eigenvalue weighted by Gasteiger charge is -2.38. The zero-order valence-corrected chi connectivity index (χ0v) is 16.8. The fourth-order valence-corrected chi connectivity index (χ4v) is 4.15. The van der Waals surface area contributed by atoms with Gasteiger partial charge in [0, 0.05) is 17.0 Å². The molecular formula is C24H21ClN2O2. The average molecular weight is 405 g/mol. The zero-order chi connectivity index (χ0) is 19.8. The number of halogens is 1. The second-order valence-electron chi connectivity index (χ2n) is 7.13. The monoisotopic (exact) mass is 404 g/mol. The highest BCUT2D eigenvalue weighted by Crippen LogP contribution is 2.48. The van der Waals surface area contributed by atoms with Gasteiger partial charge in [-0.25, -0.2) is 5.01 Å². The van der Waals surface area contributed by atoms with Gasteiger partial charge in [0.05, 0.1) is 23.9 Å². The van der Waals surface area contributed by atoms with E-state index in [4.69, 9.17) is 26.2 Å². The summed E-state index contributed by atoms with van der Waals surface area (Å²) in [4.78, 5) is 0. The quantitative estimate of drug-likeness (QED) is 0.536. The average Bonchev–Trinajstić information content (AvgIpc) is 3.20. The Morgan fingerprint density at radius 3 is 2.52 bits per heavy atom. The molecule has 0 bridgehead atoms. The number of rotatable bonds is 4.